The Kier molecular flexibility index (Phi) is 4.54. The molecule has 0 unspecified atom stereocenters. The molecular weight excluding hydrogens is 349 g/mol. The predicted molar refractivity (Wildman–Crippen MR) is 88.0 cm³/mol. The van der Waals surface area contributed by atoms with Crippen LogP contribution in [0.5, 0.6) is 5.75 Å². The number of carbonyl (C=O) groups is 1. The number of rotatable bonds is 4. The summed E-state index contributed by atoms with van der Waals surface area (Å²) >= 11 is 0. The van der Waals surface area contributed by atoms with Crippen LogP contribution in [0.25, 0.3) is 16.9 Å². The first kappa shape index (κ1) is 17.7. The topological polar surface area (TPSA) is 68.5 Å². The van der Waals surface area contributed by atoms with E-state index in [1.165, 1.54) is 13.2 Å². The molecule has 6 nitrogen and oxygen atoms in total. The molecule has 0 saturated heterocycles. The molecule has 0 aliphatic heterocycles. The summed E-state index contributed by atoms with van der Waals surface area (Å²) in [7, 11) is 1.50. The second-order valence-electron chi connectivity index (χ2n) is 5.41. The Morgan fingerprint density at radius 3 is 2.50 bits per heavy atom. The van der Waals surface area contributed by atoms with Crippen molar-refractivity contribution >= 4 is 11.6 Å². The molecule has 0 radical (unpaired) electrons. The SMILES string of the molecule is CCNC(=O)c1cc2nc(-c3ccc(OC)cc3)cc(C(F)(F)F)n2n1. The van der Waals surface area contributed by atoms with Crippen molar-refractivity contribution in [3.05, 3.63) is 47.8 Å². The van der Waals surface area contributed by atoms with Gasteiger partial charge in [0.2, 0.25) is 0 Å². The maximum Gasteiger partial charge on any atom is 0.433 e. The zero-order chi connectivity index (χ0) is 18.9. The molecule has 0 bridgehead atoms. The number of methoxy groups -OCH3 is 1. The number of aromatic nitrogens is 3. The zero-order valence-corrected chi connectivity index (χ0v) is 14.0. The second kappa shape index (κ2) is 6.66. The third kappa shape index (κ3) is 3.32. The van der Waals surface area contributed by atoms with Gasteiger partial charge in [0.1, 0.15) is 5.75 Å². The van der Waals surface area contributed by atoms with Gasteiger partial charge in [-0.3, -0.25) is 4.79 Å². The quantitative estimate of drug-likeness (QED) is 0.772. The van der Waals surface area contributed by atoms with Crippen molar-refractivity contribution in [3.8, 4) is 17.0 Å². The number of nitrogens with zero attached hydrogens (tertiary/aromatic N) is 3. The van der Waals surface area contributed by atoms with E-state index >= 15 is 0 Å². The molecule has 0 atom stereocenters. The van der Waals surface area contributed by atoms with Crippen LogP contribution >= 0.6 is 0 Å². The average Bonchev–Trinajstić information content (AvgIpc) is 3.04. The molecule has 0 aliphatic carbocycles. The van der Waals surface area contributed by atoms with Crippen LogP contribution in [0.1, 0.15) is 23.1 Å². The first-order valence-corrected chi connectivity index (χ1v) is 7.74. The van der Waals surface area contributed by atoms with Crippen LogP contribution in [-0.4, -0.2) is 34.2 Å². The molecule has 136 valence electrons. The van der Waals surface area contributed by atoms with Gasteiger partial charge in [0, 0.05) is 18.2 Å². The van der Waals surface area contributed by atoms with Crippen LogP contribution in [0.3, 0.4) is 0 Å². The Labute approximate surface area is 146 Å². The fourth-order valence-electron chi connectivity index (χ4n) is 2.45. The summed E-state index contributed by atoms with van der Waals surface area (Å²) in [5, 5.41) is 6.26. The maximum absolute atomic E-state index is 13.5. The summed E-state index contributed by atoms with van der Waals surface area (Å²) in [5.74, 6) is 0.0193. The lowest BCUT2D eigenvalue weighted by Gasteiger charge is -2.11. The molecule has 0 saturated carbocycles. The molecule has 9 heteroatoms. The van der Waals surface area contributed by atoms with E-state index < -0.39 is 17.8 Å². The highest BCUT2D eigenvalue weighted by Gasteiger charge is 2.35. The molecule has 26 heavy (non-hydrogen) atoms. The average molecular weight is 364 g/mol. The minimum atomic E-state index is -4.66. The third-order valence-electron chi connectivity index (χ3n) is 3.67. The van der Waals surface area contributed by atoms with E-state index in [4.69, 9.17) is 4.74 Å². The summed E-state index contributed by atoms with van der Waals surface area (Å²) in [4.78, 5) is 16.1. The van der Waals surface area contributed by atoms with Gasteiger partial charge in [-0.05, 0) is 37.3 Å². The van der Waals surface area contributed by atoms with E-state index in [0.29, 0.717) is 22.4 Å². The molecule has 0 fully saturated rings. The van der Waals surface area contributed by atoms with Gasteiger partial charge < -0.3 is 10.1 Å². The number of hydrogen-bond donors (Lipinski definition) is 1. The third-order valence-corrected chi connectivity index (χ3v) is 3.67. The van der Waals surface area contributed by atoms with Gasteiger partial charge in [-0.2, -0.15) is 18.3 Å². The van der Waals surface area contributed by atoms with Gasteiger partial charge in [-0.1, -0.05) is 0 Å². The largest absolute Gasteiger partial charge is 0.497 e. The van der Waals surface area contributed by atoms with E-state index in [0.717, 1.165) is 6.07 Å². The highest BCUT2D eigenvalue weighted by molar-refractivity contribution is 5.93. The van der Waals surface area contributed by atoms with E-state index in [1.54, 1.807) is 31.2 Å². The highest BCUT2D eigenvalue weighted by atomic mass is 19.4. The van der Waals surface area contributed by atoms with Crippen molar-refractivity contribution in [2.75, 3.05) is 13.7 Å². The van der Waals surface area contributed by atoms with Crippen molar-refractivity contribution in [1.82, 2.24) is 19.9 Å². The van der Waals surface area contributed by atoms with Crippen molar-refractivity contribution in [3.63, 3.8) is 0 Å². The lowest BCUT2D eigenvalue weighted by atomic mass is 10.1. The highest BCUT2D eigenvalue weighted by Crippen LogP contribution is 2.32. The zero-order valence-electron chi connectivity index (χ0n) is 14.0. The molecular formula is C17H15F3N4O2. The van der Waals surface area contributed by atoms with Gasteiger partial charge in [0.15, 0.2) is 17.0 Å². The van der Waals surface area contributed by atoms with Crippen LogP contribution in [0, 0.1) is 0 Å². The first-order chi connectivity index (χ1) is 12.3. The number of amides is 1. The smallest absolute Gasteiger partial charge is 0.433 e. The van der Waals surface area contributed by atoms with Crippen LogP contribution in [-0.2, 0) is 6.18 Å². The van der Waals surface area contributed by atoms with Crippen molar-refractivity contribution < 1.29 is 22.7 Å². The molecule has 0 aliphatic rings. The van der Waals surface area contributed by atoms with Gasteiger partial charge in [0.05, 0.1) is 12.8 Å². The number of alkyl halides is 3. The molecule has 1 aromatic carbocycles. The number of carbonyl (C=O) groups excluding carboxylic acids is 1. The molecule has 3 aromatic rings. The van der Waals surface area contributed by atoms with Gasteiger partial charge in [-0.15, -0.1) is 0 Å². The summed E-state index contributed by atoms with van der Waals surface area (Å²) in [6.45, 7) is 2.04. The Bertz CT molecular complexity index is 949. The summed E-state index contributed by atoms with van der Waals surface area (Å²) < 4.78 is 46.1. The summed E-state index contributed by atoms with van der Waals surface area (Å²) in [6.07, 6.45) is -4.66. The lowest BCUT2D eigenvalue weighted by Crippen LogP contribution is -2.23. The lowest BCUT2D eigenvalue weighted by molar-refractivity contribution is -0.142. The van der Waals surface area contributed by atoms with E-state index in [2.05, 4.69) is 15.4 Å². The Morgan fingerprint density at radius 1 is 1.23 bits per heavy atom. The minimum Gasteiger partial charge on any atom is -0.497 e. The molecule has 0 spiro atoms. The first-order valence-electron chi connectivity index (χ1n) is 7.74. The van der Waals surface area contributed by atoms with Gasteiger partial charge >= 0.3 is 6.18 Å². The number of halogens is 3. The summed E-state index contributed by atoms with van der Waals surface area (Å²) in [5.41, 5.74) is -0.595. The number of benzene rings is 1. The number of fused-ring (bicyclic) bond motifs is 1. The Balaban J connectivity index is 2.17. The summed E-state index contributed by atoms with van der Waals surface area (Å²) in [6, 6.07) is 8.62. The minimum absolute atomic E-state index is 0.0631. The second-order valence-corrected chi connectivity index (χ2v) is 5.41. The van der Waals surface area contributed by atoms with E-state index in [9.17, 15) is 18.0 Å². The van der Waals surface area contributed by atoms with Crippen molar-refractivity contribution in [2.24, 2.45) is 0 Å². The van der Waals surface area contributed by atoms with E-state index in [1.807, 2.05) is 0 Å². The number of ether oxygens (including phenoxy) is 1. The number of hydrogen-bond acceptors (Lipinski definition) is 4. The van der Waals surface area contributed by atoms with Crippen molar-refractivity contribution in [2.45, 2.75) is 13.1 Å². The van der Waals surface area contributed by atoms with Crippen LogP contribution < -0.4 is 10.1 Å². The molecule has 2 heterocycles. The van der Waals surface area contributed by atoms with Crippen LogP contribution in [0.15, 0.2) is 36.4 Å². The number of nitrogens with one attached hydrogen (secondary N) is 1. The fraction of sp³-hybridized carbons (Fsp3) is 0.235. The molecule has 1 N–H and O–H groups in total. The van der Waals surface area contributed by atoms with E-state index in [-0.39, 0.29) is 17.0 Å². The molecule has 2 aromatic heterocycles. The van der Waals surface area contributed by atoms with Gasteiger partial charge in [0.25, 0.3) is 5.91 Å². The van der Waals surface area contributed by atoms with Crippen LogP contribution in [0.2, 0.25) is 0 Å². The predicted octanol–water partition coefficient (Wildman–Crippen LogP) is 3.17. The molecule has 3 rings (SSSR count). The standard InChI is InChI=1S/C17H15F3N4O2/c1-3-21-16(25)13-9-15-22-12(10-4-6-11(26-2)7-5-10)8-14(17(18,19)20)24(15)23-13/h4-9H,3H2,1-2H3,(H,21,25). The Morgan fingerprint density at radius 2 is 1.92 bits per heavy atom. The monoisotopic (exact) mass is 364 g/mol. The Hall–Kier alpha value is -3.10. The molecule has 1 amide bonds. The normalized spacial score (nSPS) is 11.6. The van der Waals surface area contributed by atoms with Crippen LogP contribution in [0.4, 0.5) is 13.2 Å². The van der Waals surface area contributed by atoms with Crippen molar-refractivity contribution in [1.29, 1.82) is 0 Å². The maximum atomic E-state index is 13.5. The van der Waals surface area contributed by atoms with Gasteiger partial charge in [-0.25, -0.2) is 9.50 Å². The fourth-order valence-corrected chi connectivity index (χ4v) is 2.45.